The highest BCUT2D eigenvalue weighted by atomic mass is 16.5. The summed E-state index contributed by atoms with van der Waals surface area (Å²) < 4.78 is 10.1. The first-order valence-electron chi connectivity index (χ1n) is 7.09. The van der Waals surface area contributed by atoms with Crippen molar-refractivity contribution < 1.29 is 4.74 Å². The van der Waals surface area contributed by atoms with Crippen LogP contribution < -0.4 is 0 Å². The molecule has 6 nitrogen and oxygen atoms in total. The molecule has 2 aromatic heterocycles. The first-order valence-corrected chi connectivity index (χ1v) is 7.09. The predicted octanol–water partition coefficient (Wildman–Crippen LogP) is 1.21. The third-order valence-corrected chi connectivity index (χ3v) is 3.86. The molecule has 6 heteroatoms. The van der Waals surface area contributed by atoms with Gasteiger partial charge in [0.1, 0.15) is 12.4 Å². The predicted molar refractivity (Wildman–Crippen MR) is 75.1 cm³/mol. The highest BCUT2D eigenvalue weighted by molar-refractivity contribution is 5.07. The van der Waals surface area contributed by atoms with Crippen LogP contribution in [0.3, 0.4) is 0 Å². The van der Waals surface area contributed by atoms with Gasteiger partial charge in [-0.05, 0) is 19.1 Å². The minimum absolute atomic E-state index is 0.0199. The van der Waals surface area contributed by atoms with Crippen LogP contribution in [-0.4, -0.2) is 43.9 Å². The van der Waals surface area contributed by atoms with Crippen LogP contribution in [-0.2, 0) is 24.9 Å². The fraction of sp³-hybridized carbons (Fsp3) is 0.571. The van der Waals surface area contributed by atoms with E-state index in [9.17, 15) is 0 Å². The normalized spacial score (nSPS) is 20.4. The van der Waals surface area contributed by atoms with Crippen molar-refractivity contribution in [3.63, 3.8) is 0 Å². The number of rotatable bonds is 4. The zero-order chi connectivity index (χ0) is 13.9. The number of aromatic nitrogens is 4. The largest absolute Gasteiger partial charge is 0.368 e. The van der Waals surface area contributed by atoms with Gasteiger partial charge < -0.3 is 13.9 Å². The fourth-order valence-corrected chi connectivity index (χ4v) is 2.65. The lowest BCUT2D eigenvalue weighted by Gasteiger charge is -2.32. The van der Waals surface area contributed by atoms with Crippen molar-refractivity contribution in [2.75, 3.05) is 19.7 Å². The van der Waals surface area contributed by atoms with Gasteiger partial charge >= 0.3 is 0 Å². The van der Waals surface area contributed by atoms with E-state index in [-0.39, 0.29) is 6.10 Å². The molecule has 3 heterocycles. The summed E-state index contributed by atoms with van der Waals surface area (Å²) in [4.78, 5) is 2.41. The molecule has 1 unspecified atom stereocenters. The van der Waals surface area contributed by atoms with Gasteiger partial charge in [0.15, 0.2) is 5.82 Å². The van der Waals surface area contributed by atoms with Crippen molar-refractivity contribution >= 4 is 0 Å². The van der Waals surface area contributed by atoms with E-state index in [2.05, 4.69) is 56.5 Å². The summed E-state index contributed by atoms with van der Waals surface area (Å²) in [5, 5.41) is 8.21. The Hall–Kier alpha value is -1.66. The molecular weight excluding hydrogens is 254 g/mol. The number of hydrogen-bond donors (Lipinski definition) is 0. The Morgan fingerprint density at radius 2 is 2.35 bits per heavy atom. The lowest BCUT2D eigenvalue weighted by molar-refractivity contribution is -0.0394. The van der Waals surface area contributed by atoms with Crippen LogP contribution in [0.4, 0.5) is 0 Å². The topological polar surface area (TPSA) is 48.1 Å². The minimum atomic E-state index is 0.0199. The Balaban J connectivity index is 1.69. The molecule has 0 spiro atoms. The Bertz CT molecular complexity index is 561. The summed E-state index contributed by atoms with van der Waals surface area (Å²) in [5.41, 5.74) is 1.32. The van der Waals surface area contributed by atoms with E-state index in [4.69, 9.17) is 4.74 Å². The van der Waals surface area contributed by atoms with E-state index in [1.807, 2.05) is 0 Å². The lowest BCUT2D eigenvalue weighted by Crippen LogP contribution is -2.39. The summed E-state index contributed by atoms with van der Waals surface area (Å²) in [6.45, 7) is 6.48. The molecular formula is C14H21N5O. The van der Waals surface area contributed by atoms with E-state index in [1.54, 1.807) is 6.33 Å². The number of ether oxygens (including phenoxy) is 1. The first-order chi connectivity index (χ1) is 9.78. The summed E-state index contributed by atoms with van der Waals surface area (Å²) in [6.07, 6.45) is 3.88. The van der Waals surface area contributed by atoms with E-state index >= 15 is 0 Å². The molecule has 2 aromatic rings. The third-order valence-electron chi connectivity index (χ3n) is 3.86. The molecule has 1 fully saturated rings. The van der Waals surface area contributed by atoms with Crippen molar-refractivity contribution in [1.82, 2.24) is 24.2 Å². The standard InChI is InChI=1S/C14H21N5O/c1-3-19-11-15-16-14(19)13-10-18(7-8-20-13)9-12-5-4-6-17(12)2/h4-6,11,13H,3,7-10H2,1-2H3. The monoisotopic (exact) mass is 275 g/mol. The number of nitrogens with zero attached hydrogens (tertiary/aromatic N) is 5. The maximum Gasteiger partial charge on any atom is 0.163 e. The molecule has 108 valence electrons. The molecule has 0 radical (unpaired) electrons. The van der Waals surface area contributed by atoms with Gasteiger partial charge in [0.25, 0.3) is 0 Å². The Labute approximate surface area is 119 Å². The quantitative estimate of drug-likeness (QED) is 0.841. The van der Waals surface area contributed by atoms with Crippen LogP contribution in [0.15, 0.2) is 24.7 Å². The van der Waals surface area contributed by atoms with Gasteiger partial charge in [-0.1, -0.05) is 0 Å². The third kappa shape index (κ3) is 2.62. The van der Waals surface area contributed by atoms with Crippen molar-refractivity contribution in [2.45, 2.75) is 26.1 Å². The Morgan fingerprint density at radius 1 is 1.45 bits per heavy atom. The number of hydrogen-bond acceptors (Lipinski definition) is 4. The molecule has 0 amide bonds. The van der Waals surface area contributed by atoms with Crippen molar-refractivity contribution in [2.24, 2.45) is 7.05 Å². The van der Waals surface area contributed by atoms with Crippen molar-refractivity contribution in [3.8, 4) is 0 Å². The molecule has 1 atom stereocenters. The highest BCUT2D eigenvalue weighted by Gasteiger charge is 2.26. The van der Waals surface area contributed by atoms with E-state index < -0.39 is 0 Å². The second-order valence-electron chi connectivity index (χ2n) is 5.18. The fourth-order valence-electron chi connectivity index (χ4n) is 2.65. The highest BCUT2D eigenvalue weighted by Crippen LogP contribution is 2.21. The molecule has 20 heavy (non-hydrogen) atoms. The second kappa shape index (κ2) is 5.76. The smallest absolute Gasteiger partial charge is 0.163 e. The SMILES string of the molecule is CCn1cnnc1C1CN(Cc2cccn2C)CCO1. The van der Waals surface area contributed by atoms with Crippen LogP contribution in [0, 0.1) is 0 Å². The zero-order valence-corrected chi connectivity index (χ0v) is 12.1. The van der Waals surface area contributed by atoms with E-state index in [0.717, 1.165) is 38.6 Å². The van der Waals surface area contributed by atoms with Gasteiger partial charge in [0.05, 0.1) is 6.61 Å². The molecule has 0 saturated carbocycles. The van der Waals surface area contributed by atoms with E-state index in [0.29, 0.717) is 0 Å². The number of morpholine rings is 1. The number of aryl methyl sites for hydroxylation is 2. The molecule has 0 N–H and O–H groups in total. The Kier molecular flexibility index (Phi) is 3.84. The lowest BCUT2D eigenvalue weighted by atomic mass is 10.2. The summed E-state index contributed by atoms with van der Waals surface area (Å²) in [7, 11) is 2.08. The van der Waals surface area contributed by atoms with Gasteiger partial charge in [-0.15, -0.1) is 10.2 Å². The van der Waals surface area contributed by atoms with Crippen LogP contribution in [0.2, 0.25) is 0 Å². The Morgan fingerprint density at radius 3 is 3.10 bits per heavy atom. The molecule has 1 aliphatic rings. The minimum Gasteiger partial charge on any atom is -0.368 e. The van der Waals surface area contributed by atoms with Gasteiger partial charge in [-0.25, -0.2) is 0 Å². The van der Waals surface area contributed by atoms with Crippen molar-refractivity contribution in [1.29, 1.82) is 0 Å². The molecule has 0 aromatic carbocycles. The van der Waals surface area contributed by atoms with Gasteiger partial charge in [0, 0.05) is 45.1 Å². The summed E-state index contributed by atoms with van der Waals surface area (Å²) in [6, 6.07) is 4.25. The van der Waals surface area contributed by atoms with Gasteiger partial charge in [0.2, 0.25) is 0 Å². The van der Waals surface area contributed by atoms with Crippen LogP contribution in [0.1, 0.15) is 24.5 Å². The maximum absolute atomic E-state index is 5.87. The average molecular weight is 275 g/mol. The molecule has 0 bridgehead atoms. The second-order valence-corrected chi connectivity index (χ2v) is 5.18. The molecule has 0 aliphatic carbocycles. The maximum atomic E-state index is 5.87. The van der Waals surface area contributed by atoms with Crippen molar-refractivity contribution in [3.05, 3.63) is 36.2 Å². The zero-order valence-electron chi connectivity index (χ0n) is 12.1. The summed E-state index contributed by atoms with van der Waals surface area (Å²) >= 11 is 0. The van der Waals surface area contributed by atoms with Gasteiger partial charge in [-0.3, -0.25) is 4.90 Å². The first kappa shape index (κ1) is 13.3. The van der Waals surface area contributed by atoms with Crippen LogP contribution in [0.5, 0.6) is 0 Å². The van der Waals surface area contributed by atoms with Gasteiger partial charge in [-0.2, -0.15) is 0 Å². The average Bonchev–Trinajstić information content (AvgIpc) is 3.09. The molecule has 1 aliphatic heterocycles. The molecule has 1 saturated heterocycles. The van der Waals surface area contributed by atoms with E-state index in [1.165, 1.54) is 5.69 Å². The van der Waals surface area contributed by atoms with Crippen LogP contribution >= 0.6 is 0 Å². The molecule has 3 rings (SSSR count). The van der Waals surface area contributed by atoms with Crippen LogP contribution in [0.25, 0.3) is 0 Å². The summed E-state index contributed by atoms with van der Waals surface area (Å²) in [5.74, 6) is 0.934.